The maximum atomic E-state index is 10.4. The first-order chi connectivity index (χ1) is 11.4. The van der Waals surface area contributed by atoms with Crippen LogP contribution in [0.4, 0.5) is 0 Å². The van der Waals surface area contributed by atoms with Crippen LogP contribution < -0.4 is 0 Å². The molecule has 0 bridgehead atoms. The molecular formula is C16H30O8. The van der Waals surface area contributed by atoms with Crippen LogP contribution in [0, 0.1) is 0 Å². The molecule has 0 radical (unpaired) electrons. The molecule has 2 heterocycles. The van der Waals surface area contributed by atoms with E-state index in [-0.39, 0.29) is 18.5 Å². The van der Waals surface area contributed by atoms with Crippen LogP contribution in [0.3, 0.4) is 0 Å². The molecule has 2 aliphatic rings. The largest absolute Gasteiger partial charge is 0.388 e. The van der Waals surface area contributed by atoms with E-state index in [4.69, 9.17) is 28.4 Å². The van der Waals surface area contributed by atoms with Gasteiger partial charge >= 0.3 is 0 Å². The summed E-state index contributed by atoms with van der Waals surface area (Å²) in [5.74, 6) is 0. The van der Waals surface area contributed by atoms with E-state index >= 15 is 0 Å². The molecule has 0 amide bonds. The molecule has 8 nitrogen and oxygen atoms in total. The fraction of sp³-hybridized carbons (Fsp3) is 1.00. The lowest BCUT2D eigenvalue weighted by molar-refractivity contribution is -0.339. The van der Waals surface area contributed by atoms with Crippen LogP contribution in [-0.2, 0) is 28.4 Å². The quantitative estimate of drug-likeness (QED) is 0.693. The Balaban J connectivity index is 2.05. The Morgan fingerprint density at radius 3 is 2.25 bits per heavy atom. The highest BCUT2D eigenvalue weighted by molar-refractivity contribution is 4.91. The summed E-state index contributed by atoms with van der Waals surface area (Å²) in [5, 5.41) is 20.4. The summed E-state index contributed by atoms with van der Waals surface area (Å²) < 4.78 is 33.6. The maximum absolute atomic E-state index is 10.4. The van der Waals surface area contributed by atoms with E-state index in [1.165, 1.54) is 7.11 Å². The first kappa shape index (κ1) is 20.0. The summed E-state index contributed by atoms with van der Waals surface area (Å²) in [6.45, 7) is 6.03. The fourth-order valence-corrected chi connectivity index (χ4v) is 3.26. The summed E-state index contributed by atoms with van der Waals surface area (Å²) in [6, 6.07) is 0. The van der Waals surface area contributed by atoms with Crippen molar-refractivity contribution in [3.05, 3.63) is 0 Å². The van der Waals surface area contributed by atoms with E-state index < -0.39 is 36.8 Å². The smallest absolute Gasteiger partial charge is 0.187 e. The van der Waals surface area contributed by atoms with Crippen molar-refractivity contribution < 1.29 is 38.6 Å². The number of rotatable bonds is 6. The summed E-state index contributed by atoms with van der Waals surface area (Å²) >= 11 is 0. The number of methoxy groups -OCH3 is 2. The average Bonchev–Trinajstić information content (AvgIpc) is 2.55. The van der Waals surface area contributed by atoms with Crippen LogP contribution in [-0.4, -0.2) is 86.3 Å². The van der Waals surface area contributed by atoms with Crippen molar-refractivity contribution >= 4 is 0 Å². The molecule has 0 saturated carbocycles. The molecule has 2 aliphatic heterocycles. The Labute approximate surface area is 142 Å². The minimum Gasteiger partial charge on any atom is -0.388 e. The molecule has 142 valence electrons. The molecule has 0 aromatic carbocycles. The van der Waals surface area contributed by atoms with Gasteiger partial charge in [0.1, 0.15) is 24.4 Å². The zero-order chi connectivity index (χ0) is 17.9. The second kappa shape index (κ2) is 8.86. The number of aliphatic hydroxyl groups is 2. The average molecular weight is 350 g/mol. The van der Waals surface area contributed by atoms with Crippen LogP contribution in [0.5, 0.6) is 0 Å². The minimum absolute atomic E-state index is 0.260. The third kappa shape index (κ3) is 4.25. The first-order valence-corrected chi connectivity index (χ1v) is 8.42. The highest BCUT2D eigenvalue weighted by Crippen LogP contribution is 2.30. The molecule has 24 heavy (non-hydrogen) atoms. The van der Waals surface area contributed by atoms with Crippen molar-refractivity contribution in [2.45, 2.75) is 82.5 Å². The van der Waals surface area contributed by atoms with E-state index in [2.05, 4.69) is 0 Å². The van der Waals surface area contributed by atoms with Gasteiger partial charge in [0.25, 0.3) is 0 Å². The first-order valence-electron chi connectivity index (χ1n) is 8.42. The Morgan fingerprint density at radius 2 is 1.67 bits per heavy atom. The van der Waals surface area contributed by atoms with Crippen molar-refractivity contribution in [2.75, 3.05) is 20.8 Å². The normalized spacial score (nSPS) is 46.9. The van der Waals surface area contributed by atoms with Crippen molar-refractivity contribution in [1.29, 1.82) is 0 Å². The monoisotopic (exact) mass is 350 g/mol. The molecule has 0 spiro atoms. The summed E-state index contributed by atoms with van der Waals surface area (Å²) in [5.41, 5.74) is 0. The van der Waals surface area contributed by atoms with Gasteiger partial charge < -0.3 is 38.6 Å². The highest BCUT2D eigenvalue weighted by Gasteiger charge is 2.47. The van der Waals surface area contributed by atoms with Crippen LogP contribution in [0.15, 0.2) is 0 Å². The van der Waals surface area contributed by atoms with Gasteiger partial charge in [-0.25, -0.2) is 0 Å². The van der Waals surface area contributed by atoms with Gasteiger partial charge in [-0.15, -0.1) is 0 Å². The Kier molecular flexibility index (Phi) is 7.39. The summed E-state index contributed by atoms with van der Waals surface area (Å²) in [7, 11) is 3.04. The number of hydrogen-bond donors (Lipinski definition) is 2. The van der Waals surface area contributed by atoms with Crippen LogP contribution in [0.1, 0.15) is 27.2 Å². The maximum Gasteiger partial charge on any atom is 0.187 e. The molecular weight excluding hydrogens is 320 g/mol. The lowest BCUT2D eigenvalue weighted by Gasteiger charge is -2.45. The second-order valence-electron chi connectivity index (χ2n) is 6.23. The molecule has 0 aliphatic carbocycles. The van der Waals surface area contributed by atoms with Crippen LogP contribution >= 0.6 is 0 Å². The molecule has 0 aromatic heterocycles. The lowest BCUT2D eigenvalue weighted by Crippen LogP contribution is -2.61. The Bertz CT molecular complexity index is 381. The van der Waals surface area contributed by atoms with Gasteiger partial charge in [0.2, 0.25) is 0 Å². The van der Waals surface area contributed by atoms with Crippen LogP contribution in [0.25, 0.3) is 0 Å². The number of aliphatic hydroxyl groups excluding tert-OH is 2. The molecule has 0 unspecified atom stereocenters. The van der Waals surface area contributed by atoms with Gasteiger partial charge in [-0.3, -0.25) is 0 Å². The summed E-state index contributed by atoms with van der Waals surface area (Å²) in [4.78, 5) is 0. The number of hydrogen-bond acceptors (Lipinski definition) is 8. The van der Waals surface area contributed by atoms with Crippen molar-refractivity contribution in [1.82, 2.24) is 0 Å². The van der Waals surface area contributed by atoms with E-state index in [1.807, 2.05) is 13.8 Å². The zero-order valence-corrected chi connectivity index (χ0v) is 15.0. The van der Waals surface area contributed by atoms with E-state index in [0.29, 0.717) is 13.0 Å². The standard InChI is InChI=1S/C16H30O8/c1-6-21-11-7-10(19-4)14(9(3)22-11)24-16-13(18)15(20-5)12(17)8(2)23-16/h8-18H,6-7H2,1-5H3/t8-,9-,10-,11+,12-,13-,14-,15+,16+/m1/s1. The molecule has 0 aromatic rings. The molecule has 8 heteroatoms. The van der Waals surface area contributed by atoms with Gasteiger partial charge in [0.05, 0.1) is 18.3 Å². The van der Waals surface area contributed by atoms with Gasteiger partial charge in [0.15, 0.2) is 12.6 Å². The molecule has 2 fully saturated rings. The predicted octanol–water partition coefficient (Wildman–Crippen LogP) is 0.0396. The van der Waals surface area contributed by atoms with E-state index in [1.54, 1.807) is 14.0 Å². The second-order valence-corrected chi connectivity index (χ2v) is 6.23. The molecule has 2 rings (SSSR count). The van der Waals surface area contributed by atoms with Gasteiger partial charge in [-0.2, -0.15) is 0 Å². The molecule has 9 atom stereocenters. The van der Waals surface area contributed by atoms with Crippen molar-refractivity contribution in [2.24, 2.45) is 0 Å². The zero-order valence-electron chi connectivity index (χ0n) is 15.0. The predicted molar refractivity (Wildman–Crippen MR) is 83.4 cm³/mol. The van der Waals surface area contributed by atoms with Gasteiger partial charge in [0, 0.05) is 27.2 Å². The topological polar surface area (TPSA) is 95.8 Å². The third-order valence-corrected chi connectivity index (χ3v) is 4.62. The SMILES string of the molecule is CCO[C@@H]1C[C@@H](OC)[C@H](O[C@@H]2O[C@H](C)[C@@H](O)[C@H](OC)[C@H]2O)[C@@H](C)O1. The Hall–Kier alpha value is -0.320. The number of ether oxygens (including phenoxy) is 6. The molecule has 2 saturated heterocycles. The van der Waals surface area contributed by atoms with Crippen LogP contribution in [0.2, 0.25) is 0 Å². The van der Waals surface area contributed by atoms with E-state index in [9.17, 15) is 10.2 Å². The molecule has 2 N–H and O–H groups in total. The van der Waals surface area contributed by atoms with Crippen molar-refractivity contribution in [3.63, 3.8) is 0 Å². The highest BCUT2D eigenvalue weighted by atomic mass is 16.7. The summed E-state index contributed by atoms with van der Waals surface area (Å²) in [6.07, 6.45) is -5.12. The fourth-order valence-electron chi connectivity index (χ4n) is 3.26. The Morgan fingerprint density at radius 1 is 0.958 bits per heavy atom. The van der Waals surface area contributed by atoms with E-state index in [0.717, 1.165) is 0 Å². The van der Waals surface area contributed by atoms with Gasteiger partial charge in [-0.1, -0.05) is 0 Å². The minimum atomic E-state index is -1.12. The third-order valence-electron chi connectivity index (χ3n) is 4.62. The lowest BCUT2D eigenvalue weighted by atomic mass is 9.98. The van der Waals surface area contributed by atoms with Gasteiger partial charge in [-0.05, 0) is 20.8 Å². The van der Waals surface area contributed by atoms with Crippen molar-refractivity contribution in [3.8, 4) is 0 Å².